The summed E-state index contributed by atoms with van der Waals surface area (Å²) < 4.78 is 27.7. The zero-order valence-electron chi connectivity index (χ0n) is 17.9. The number of hydrogen-bond donors (Lipinski definition) is 1. The summed E-state index contributed by atoms with van der Waals surface area (Å²) in [6.07, 6.45) is 13.7. The first-order valence-corrected chi connectivity index (χ1v) is 12.0. The molecule has 0 aromatic carbocycles. The Labute approximate surface area is 166 Å². The first-order valence-electron chi connectivity index (χ1n) is 12.0. The molecule has 0 bridgehead atoms. The Balaban J connectivity index is 1.64. The van der Waals surface area contributed by atoms with Crippen molar-refractivity contribution < 1.29 is 13.9 Å². The average Bonchev–Trinajstić information content (AvgIpc) is 2.66. The predicted octanol–water partition coefficient (Wildman–Crippen LogP) is 7.41. The molecule has 2 rings (SSSR count). The third-order valence-electron chi connectivity index (χ3n) is 7.49. The molecule has 3 atom stereocenters. The van der Waals surface area contributed by atoms with Crippen molar-refractivity contribution in [2.24, 2.45) is 23.7 Å². The number of unbranched alkanes of at least 4 members (excludes halogenated alkanes) is 2. The van der Waals surface area contributed by atoms with E-state index >= 15 is 0 Å². The van der Waals surface area contributed by atoms with Crippen molar-refractivity contribution in [1.82, 2.24) is 0 Å². The van der Waals surface area contributed by atoms with Crippen LogP contribution in [0.2, 0.25) is 0 Å². The molecule has 0 spiro atoms. The van der Waals surface area contributed by atoms with Crippen molar-refractivity contribution in [3.8, 4) is 0 Å². The molecule has 2 aliphatic carbocycles. The first kappa shape index (κ1) is 23.1. The van der Waals surface area contributed by atoms with Crippen LogP contribution in [0.1, 0.15) is 110 Å². The van der Waals surface area contributed by atoms with Crippen molar-refractivity contribution in [3.63, 3.8) is 0 Å². The van der Waals surface area contributed by atoms with E-state index in [1.807, 2.05) is 0 Å². The molecule has 0 saturated heterocycles. The fraction of sp³-hybridized carbons (Fsp3) is 1.00. The molecule has 2 saturated carbocycles. The summed E-state index contributed by atoms with van der Waals surface area (Å²) in [6, 6.07) is 0. The molecule has 0 radical (unpaired) electrons. The van der Waals surface area contributed by atoms with Crippen molar-refractivity contribution in [2.45, 2.75) is 129 Å². The number of halogens is 2. The molecule has 3 heteroatoms. The lowest BCUT2D eigenvalue weighted by atomic mass is 9.69. The van der Waals surface area contributed by atoms with Crippen LogP contribution in [0.3, 0.4) is 0 Å². The molecule has 0 heterocycles. The second-order valence-electron chi connectivity index (χ2n) is 9.62. The fourth-order valence-electron chi connectivity index (χ4n) is 5.73. The zero-order chi connectivity index (χ0) is 19.6. The smallest absolute Gasteiger partial charge is 0.129 e. The maximum absolute atomic E-state index is 13.8. The van der Waals surface area contributed by atoms with E-state index in [9.17, 15) is 13.9 Å². The van der Waals surface area contributed by atoms with Gasteiger partial charge in [0, 0.05) is 0 Å². The van der Waals surface area contributed by atoms with Gasteiger partial charge >= 0.3 is 0 Å². The lowest BCUT2D eigenvalue weighted by Crippen LogP contribution is -2.42. The molecular weight excluding hydrogens is 342 g/mol. The molecule has 160 valence electrons. The Bertz CT molecular complexity index is 369. The Kier molecular flexibility index (Phi) is 10.6. The molecular formula is C24H44F2O. The summed E-state index contributed by atoms with van der Waals surface area (Å²) in [5.41, 5.74) is 0. The van der Waals surface area contributed by atoms with Gasteiger partial charge in [0.2, 0.25) is 0 Å². The second kappa shape index (κ2) is 12.4. The van der Waals surface area contributed by atoms with Gasteiger partial charge in [-0.1, -0.05) is 84.5 Å². The topological polar surface area (TPSA) is 20.2 Å². The summed E-state index contributed by atoms with van der Waals surface area (Å²) >= 11 is 0. The van der Waals surface area contributed by atoms with E-state index in [2.05, 4.69) is 13.8 Å². The number of aliphatic hydroxyl groups excluding tert-OH is 1. The van der Waals surface area contributed by atoms with Gasteiger partial charge in [0.1, 0.15) is 18.4 Å². The summed E-state index contributed by atoms with van der Waals surface area (Å²) in [5, 5.41) is 9.50. The fourth-order valence-corrected chi connectivity index (χ4v) is 5.73. The third-order valence-corrected chi connectivity index (χ3v) is 7.49. The maximum atomic E-state index is 13.8. The van der Waals surface area contributed by atoms with E-state index in [1.165, 1.54) is 70.6 Å². The van der Waals surface area contributed by atoms with Crippen LogP contribution in [0.4, 0.5) is 8.78 Å². The normalized spacial score (nSPS) is 35.9. The van der Waals surface area contributed by atoms with E-state index in [4.69, 9.17) is 0 Å². The van der Waals surface area contributed by atoms with Crippen LogP contribution >= 0.6 is 0 Å². The molecule has 0 amide bonds. The molecule has 3 unspecified atom stereocenters. The molecule has 2 fully saturated rings. The minimum Gasteiger partial charge on any atom is -0.387 e. The van der Waals surface area contributed by atoms with Crippen molar-refractivity contribution in [1.29, 1.82) is 0 Å². The van der Waals surface area contributed by atoms with Gasteiger partial charge in [-0.25, -0.2) is 8.78 Å². The minimum absolute atomic E-state index is 0.145. The van der Waals surface area contributed by atoms with Gasteiger partial charge in [-0.05, 0) is 49.4 Å². The van der Waals surface area contributed by atoms with Crippen LogP contribution in [0, 0.1) is 23.7 Å². The summed E-state index contributed by atoms with van der Waals surface area (Å²) in [6.45, 7) is 4.59. The molecule has 1 N–H and O–H groups in total. The number of hydrogen-bond acceptors (Lipinski definition) is 1. The summed E-state index contributed by atoms with van der Waals surface area (Å²) in [5.74, 6) is 2.38. The van der Waals surface area contributed by atoms with Crippen LogP contribution in [0.15, 0.2) is 0 Å². The lowest BCUT2D eigenvalue weighted by molar-refractivity contribution is -0.0495. The van der Waals surface area contributed by atoms with Gasteiger partial charge in [-0.2, -0.15) is 0 Å². The largest absolute Gasteiger partial charge is 0.387 e. The predicted molar refractivity (Wildman–Crippen MR) is 110 cm³/mol. The van der Waals surface area contributed by atoms with Gasteiger partial charge in [-0.15, -0.1) is 0 Å². The molecule has 0 aromatic rings. The lowest BCUT2D eigenvalue weighted by Gasteiger charge is -2.39. The van der Waals surface area contributed by atoms with Gasteiger partial charge in [-0.3, -0.25) is 0 Å². The van der Waals surface area contributed by atoms with Crippen LogP contribution in [0.25, 0.3) is 0 Å². The molecule has 0 aliphatic heterocycles. The van der Waals surface area contributed by atoms with Crippen molar-refractivity contribution in [3.05, 3.63) is 0 Å². The number of rotatable bonds is 11. The van der Waals surface area contributed by atoms with E-state index in [-0.39, 0.29) is 5.92 Å². The Morgan fingerprint density at radius 1 is 0.778 bits per heavy atom. The van der Waals surface area contributed by atoms with Gasteiger partial charge in [0.05, 0.1) is 0 Å². The first-order chi connectivity index (χ1) is 13.0. The Morgan fingerprint density at radius 2 is 1.41 bits per heavy atom. The maximum Gasteiger partial charge on any atom is 0.129 e. The molecule has 1 nitrogen and oxygen atoms in total. The summed E-state index contributed by atoms with van der Waals surface area (Å²) in [4.78, 5) is 0. The van der Waals surface area contributed by atoms with Crippen molar-refractivity contribution >= 4 is 0 Å². The van der Waals surface area contributed by atoms with Crippen LogP contribution < -0.4 is 0 Å². The number of aliphatic hydroxyl groups is 1. The monoisotopic (exact) mass is 386 g/mol. The molecule has 27 heavy (non-hydrogen) atoms. The van der Waals surface area contributed by atoms with Crippen LogP contribution in [-0.4, -0.2) is 23.6 Å². The Morgan fingerprint density at radius 3 is 2.00 bits per heavy atom. The van der Waals surface area contributed by atoms with E-state index in [1.54, 1.807) is 0 Å². The second-order valence-corrected chi connectivity index (χ2v) is 9.62. The van der Waals surface area contributed by atoms with E-state index in [0.717, 1.165) is 24.7 Å². The highest BCUT2D eigenvalue weighted by molar-refractivity contribution is 4.90. The van der Waals surface area contributed by atoms with Gasteiger partial charge in [0.15, 0.2) is 0 Å². The highest BCUT2D eigenvalue weighted by atomic mass is 19.1. The van der Waals surface area contributed by atoms with E-state index in [0.29, 0.717) is 18.8 Å². The third kappa shape index (κ3) is 7.63. The minimum atomic E-state index is -1.38. The molecule has 2 aliphatic rings. The van der Waals surface area contributed by atoms with Crippen LogP contribution in [0.5, 0.6) is 0 Å². The highest BCUT2D eigenvalue weighted by Crippen LogP contribution is 2.42. The van der Waals surface area contributed by atoms with Gasteiger partial charge < -0.3 is 5.11 Å². The number of alkyl halides is 2. The quantitative estimate of drug-likeness (QED) is 0.367. The van der Waals surface area contributed by atoms with Crippen LogP contribution in [-0.2, 0) is 0 Å². The average molecular weight is 387 g/mol. The highest BCUT2D eigenvalue weighted by Gasteiger charge is 2.40. The van der Waals surface area contributed by atoms with Crippen molar-refractivity contribution in [2.75, 3.05) is 0 Å². The van der Waals surface area contributed by atoms with E-state index < -0.39 is 18.4 Å². The van der Waals surface area contributed by atoms with Gasteiger partial charge in [0.25, 0.3) is 0 Å². The molecule has 0 aromatic heterocycles. The SMILES string of the molecule is CCCCCC(CCC)CCCC1CCC(C2CC(F)C(O)C(F)C2)CC1. The standard InChI is InChI=1S/C24H44F2O/c1-3-5-6-9-18(8-4-2)10-7-11-19-12-14-20(15-13-19)21-16-22(25)24(27)23(26)17-21/h18-24,27H,3-17H2,1-2H3. The summed E-state index contributed by atoms with van der Waals surface area (Å²) in [7, 11) is 0. The zero-order valence-corrected chi connectivity index (χ0v) is 17.9. The Hall–Kier alpha value is -0.180.